The predicted molar refractivity (Wildman–Crippen MR) is 75.4 cm³/mol. The molecule has 18 heavy (non-hydrogen) atoms. The lowest BCUT2D eigenvalue weighted by atomic mass is 9.99. The summed E-state index contributed by atoms with van der Waals surface area (Å²) in [4.78, 5) is 8.94. The summed E-state index contributed by atoms with van der Waals surface area (Å²) in [7, 11) is 0. The minimum atomic E-state index is 0.979. The van der Waals surface area contributed by atoms with Gasteiger partial charge >= 0.3 is 0 Å². The van der Waals surface area contributed by atoms with Gasteiger partial charge in [-0.05, 0) is 49.1 Å². The summed E-state index contributed by atoms with van der Waals surface area (Å²) < 4.78 is 0. The normalized spacial score (nSPS) is 10.6. The molecule has 0 radical (unpaired) electrons. The van der Waals surface area contributed by atoms with E-state index >= 15 is 0 Å². The average Bonchev–Trinajstić information content (AvgIpc) is 2.42. The van der Waals surface area contributed by atoms with E-state index in [1.165, 1.54) is 30.4 Å². The van der Waals surface area contributed by atoms with Crippen molar-refractivity contribution in [2.24, 2.45) is 0 Å². The largest absolute Gasteiger partial charge is 0.255 e. The van der Waals surface area contributed by atoms with E-state index in [4.69, 9.17) is 0 Å². The van der Waals surface area contributed by atoms with Gasteiger partial charge in [-0.3, -0.25) is 9.97 Å². The molecule has 2 rings (SSSR count). The third kappa shape index (κ3) is 2.95. The fraction of sp³-hybridized carbons (Fsp3) is 0.375. The van der Waals surface area contributed by atoms with Crippen molar-refractivity contribution in [1.29, 1.82) is 0 Å². The molecule has 2 heteroatoms. The molecule has 0 spiro atoms. The van der Waals surface area contributed by atoms with E-state index in [2.05, 4.69) is 29.9 Å². The maximum Gasteiger partial charge on any atom is 0.0920 e. The molecule has 0 saturated carbocycles. The van der Waals surface area contributed by atoms with Crippen molar-refractivity contribution >= 4 is 0 Å². The van der Waals surface area contributed by atoms with E-state index in [0.29, 0.717) is 0 Å². The van der Waals surface area contributed by atoms with Crippen LogP contribution in [0.1, 0.15) is 37.3 Å². The molecular formula is C16H20N2. The molecule has 94 valence electrons. The van der Waals surface area contributed by atoms with Crippen LogP contribution < -0.4 is 0 Å². The molecule has 0 aromatic carbocycles. The van der Waals surface area contributed by atoms with Gasteiger partial charge in [-0.1, -0.05) is 25.8 Å². The molecule has 2 nitrogen and oxygen atoms in total. The quantitative estimate of drug-likeness (QED) is 0.732. The Morgan fingerprint density at radius 3 is 2.61 bits per heavy atom. The molecule has 0 aliphatic carbocycles. The molecule has 0 amide bonds. The van der Waals surface area contributed by atoms with E-state index < -0.39 is 0 Å². The second-order valence-electron chi connectivity index (χ2n) is 4.63. The first-order valence-electron chi connectivity index (χ1n) is 6.68. The Morgan fingerprint density at radius 1 is 1.00 bits per heavy atom. The van der Waals surface area contributed by atoms with Gasteiger partial charge in [-0.25, -0.2) is 0 Å². The van der Waals surface area contributed by atoms with Gasteiger partial charge in [0, 0.05) is 12.4 Å². The molecule has 0 fully saturated rings. The lowest BCUT2D eigenvalue weighted by Crippen LogP contribution is -1.98. The van der Waals surface area contributed by atoms with Gasteiger partial charge in [0.25, 0.3) is 0 Å². The Kier molecular flexibility index (Phi) is 4.46. The highest BCUT2D eigenvalue weighted by Crippen LogP contribution is 2.23. The van der Waals surface area contributed by atoms with Crippen molar-refractivity contribution in [3.05, 3.63) is 47.8 Å². The summed E-state index contributed by atoms with van der Waals surface area (Å²) in [6.07, 6.45) is 8.55. The minimum Gasteiger partial charge on any atom is -0.255 e. The lowest BCUT2D eigenvalue weighted by molar-refractivity contribution is 0.714. The molecule has 2 aromatic heterocycles. The fourth-order valence-electron chi connectivity index (χ4n) is 2.18. The topological polar surface area (TPSA) is 25.8 Å². The number of pyridine rings is 2. The van der Waals surface area contributed by atoms with Crippen molar-refractivity contribution in [1.82, 2.24) is 9.97 Å². The third-order valence-electron chi connectivity index (χ3n) is 3.23. The van der Waals surface area contributed by atoms with Crippen LogP contribution in [0.4, 0.5) is 0 Å². The van der Waals surface area contributed by atoms with E-state index in [9.17, 15) is 0 Å². The third-order valence-corrected chi connectivity index (χ3v) is 3.23. The maximum atomic E-state index is 4.53. The van der Waals surface area contributed by atoms with Gasteiger partial charge in [0.1, 0.15) is 0 Å². The fourth-order valence-corrected chi connectivity index (χ4v) is 2.18. The zero-order chi connectivity index (χ0) is 12.8. The first kappa shape index (κ1) is 12.7. The van der Waals surface area contributed by atoms with Crippen LogP contribution in [0.5, 0.6) is 0 Å². The average molecular weight is 240 g/mol. The monoisotopic (exact) mass is 240 g/mol. The molecule has 0 atom stereocenters. The van der Waals surface area contributed by atoms with Crippen LogP contribution in [0.25, 0.3) is 11.4 Å². The zero-order valence-electron chi connectivity index (χ0n) is 11.2. The molecule has 0 unspecified atom stereocenters. The molecule has 0 aliphatic rings. The van der Waals surface area contributed by atoms with Crippen LogP contribution in [0.15, 0.2) is 36.7 Å². The zero-order valence-corrected chi connectivity index (χ0v) is 11.2. The highest BCUT2D eigenvalue weighted by atomic mass is 14.8. The summed E-state index contributed by atoms with van der Waals surface area (Å²) in [5, 5.41) is 0. The highest BCUT2D eigenvalue weighted by molar-refractivity contribution is 5.60. The maximum absolute atomic E-state index is 4.53. The van der Waals surface area contributed by atoms with E-state index in [1.807, 2.05) is 30.6 Å². The highest BCUT2D eigenvalue weighted by Gasteiger charge is 2.09. The molecule has 0 bridgehead atoms. The van der Waals surface area contributed by atoms with Gasteiger partial charge in [0.2, 0.25) is 0 Å². The Hall–Kier alpha value is -1.70. The minimum absolute atomic E-state index is 0.979. The number of unbranched alkanes of at least 4 members (excludes halogenated alkanes) is 2. The van der Waals surface area contributed by atoms with Gasteiger partial charge in [-0.15, -0.1) is 0 Å². The number of nitrogens with zero attached hydrogens (tertiary/aromatic N) is 2. The SMILES string of the molecule is CCCCCc1c(C)ccnc1-c1ccccn1. The number of rotatable bonds is 5. The van der Waals surface area contributed by atoms with E-state index in [1.54, 1.807) is 0 Å². The summed E-state index contributed by atoms with van der Waals surface area (Å²) in [6, 6.07) is 8.08. The van der Waals surface area contributed by atoms with Gasteiger partial charge < -0.3 is 0 Å². The number of aryl methyl sites for hydroxylation is 1. The molecule has 2 heterocycles. The van der Waals surface area contributed by atoms with Crippen LogP contribution in [0.2, 0.25) is 0 Å². The van der Waals surface area contributed by atoms with Crippen LogP contribution in [0.3, 0.4) is 0 Å². The van der Waals surface area contributed by atoms with Crippen molar-refractivity contribution in [2.45, 2.75) is 39.5 Å². The van der Waals surface area contributed by atoms with E-state index in [-0.39, 0.29) is 0 Å². The molecule has 0 N–H and O–H groups in total. The summed E-state index contributed by atoms with van der Waals surface area (Å²) in [5.74, 6) is 0. The van der Waals surface area contributed by atoms with Crippen molar-refractivity contribution in [2.75, 3.05) is 0 Å². The molecule has 0 saturated heterocycles. The van der Waals surface area contributed by atoms with Crippen LogP contribution in [0, 0.1) is 6.92 Å². The number of hydrogen-bond acceptors (Lipinski definition) is 2. The van der Waals surface area contributed by atoms with Crippen LogP contribution in [-0.4, -0.2) is 9.97 Å². The Labute approximate surface area is 109 Å². The van der Waals surface area contributed by atoms with Crippen LogP contribution in [-0.2, 0) is 6.42 Å². The van der Waals surface area contributed by atoms with Gasteiger partial charge in [0.05, 0.1) is 11.4 Å². The van der Waals surface area contributed by atoms with Crippen molar-refractivity contribution < 1.29 is 0 Å². The Balaban J connectivity index is 2.32. The second kappa shape index (κ2) is 6.29. The van der Waals surface area contributed by atoms with Crippen LogP contribution >= 0.6 is 0 Å². The van der Waals surface area contributed by atoms with E-state index in [0.717, 1.165) is 17.8 Å². The molecular weight excluding hydrogens is 220 g/mol. The van der Waals surface area contributed by atoms with Gasteiger partial charge in [-0.2, -0.15) is 0 Å². The van der Waals surface area contributed by atoms with Gasteiger partial charge in [0.15, 0.2) is 0 Å². The number of aromatic nitrogens is 2. The molecule has 0 aliphatic heterocycles. The summed E-state index contributed by atoms with van der Waals surface area (Å²) in [5.41, 5.74) is 4.70. The standard InChI is InChI=1S/C16H20N2/c1-3-4-5-8-14-13(2)10-12-18-16(14)15-9-6-7-11-17-15/h6-7,9-12H,3-5,8H2,1-2H3. The van der Waals surface area contributed by atoms with Crippen molar-refractivity contribution in [3.8, 4) is 11.4 Å². The predicted octanol–water partition coefficient (Wildman–Crippen LogP) is 4.18. The summed E-state index contributed by atoms with van der Waals surface area (Å²) in [6.45, 7) is 4.39. The first-order chi connectivity index (χ1) is 8.83. The second-order valence-corrected chi connectivity index (χ2v) is 4.63. The van der Waals surface area contributed by atoms with Crippen molar-refractivity contribution in [3.63, 3.8) is 0 Å². The number of hydrogen-bond donors (Lipinski definition) is 0. The first-order valence-corrected chi connectivity index (χ1v) is 6.68. The summed E-state index contributed by atoms with van der Waals surface area (Å²) >= 11 is 0. The molecule has 2 aromatic rings. The lowest BCUT2D eigenvalue weighted by Gasteiger charge is -2.10. The Morgan fingerprint density at radius 2 is 1.89 bits per heavy atom. The smallest absolute Gasteiger partial charge is 0.0920 e. The Bertz CT molecular complexity index is 492.